The number of piperidine rings is 1. The maximum Gasteiger partial charge on any atom is 0.303 e. The monoisotopic (exact) mass is 223 g/mol. The van der Waals surface area contributed by atoms with Crippen LogP contribution in [0, 0.1) is 17.8 Å². The molecule has 1 aliphatic rings. The van der Waals surface area contributed by atoms with E-state index in [0.29, 0.717) is 19.0 Å². The van der Waals surface area contributed by atoms with Crippen molar-refractivity contribution < 1.29 is 14.7 Å². The number of hydrogen-bond donors (Lipinski definition) is 1. The van der Waals surface area contributed by atoms with Crippen molar-refractivity contribution in [1.82, 2.24) is 4.90 Å². The van der Waals surface area contributed by atoms with Crippen LogP contribution in [0.15, 0.2) is 0 Å². The van der Waals surface area contributed by atoms with Gasteiger partial charge in [-0.3, -0.25) is 9.59 Å². The lowest BCUT2D eigenvalue weighted by Gasteiger charge is -2.30. The molecule has 0 radical (unpaired) electrons. The quantitative estimate of drug-likeness (QED) is 0.729. The lowest BCUT2D eigenvalue weighted by Crippen LogP contribution is -2.37. The van der Waals surface area contributed by atoms with Crippen LogP contribution >= 0.6 is 0 Å². The van der Waals surface area contributed by atoms with Crippen molar-refractivity contribution in [2.75, 3.05) is 13.1 Å². The number of nitrogens with zero attached hydrogens (tertiary/aromatic N) is 1. The molecular formula is C12H17NO3. The highest BCUT2D eigenvalue weighted by molar-refractivity contribution is 5.93. The third-order valence-electron chi connectivity index (χ3n) is 2.90. The van der Waals surface area contributed by atoms with Crippen molar-refractivity contribution in [2.45, 2.75) is 32.6 Å². The maximum absolute atomic E-state index is 11.4. The molecule has 1 amide bonds. The SMILES string of the molecule is CC#CC(=O)N1CCC(CCC(=O)O)CC1. The molecular weight excluding hydrogens is 206 g/mol. The lowest BCUT2D eigenvalue weighted by atomic mass is 9.92. The number of hydrogen-bond acceptors (Lipinski definition) is 2. The summed E-state index contributed by atoms with van der Waals surface area (Å²) in [6.07, 6.45) is 2.74. The van der Waals surface area contributed by atoms with Crippen LogP contribution in [0.3, 0.4) is 0 Å². The van der Waals surface area contributed by atoms with Gasteiger partial charge in [0.15, 0.2) is 0 Å². The molecule has 88 valence electrons. The van der Waals surface area contributed by atoms with E-state index in [0.717, 1.165) is 19.3 Å². The first kappa shape index (κ1) is 12.6. The van der Waals surface area contributed by atoms with Crippen LogP contribution in [0.2, 0.25) is 0 Å². The summed E-state index contributed by atoms with van der Waals surface area (Å²) in [7, 11) is 0. The van der Waals surface area contributed by atoms with Crippen molar-refractivity contribution in [3.8, 4) is 11.8 Å². The van der Waals surface area contributed by atoms with Crippen LogP contribution in [-0.2, 0) is 9.59 Å². The predicted octanol–water partition coefficient (Wildman–Crippen LogP) is 1.11. The van der Waals surface area contributed by atoms with Gasteiger partial charge in [-0.2, -0.15) is 0 Å². The molecule has 4 heteroatoms. The second kappa shape index (κ2) is 6.16. The zero-order valence-electron chi connectivity index (χ0n) is 9.53. The minimum absolute atomic E-state index is 0.112. The predicted molar refractivity (Wildman–Crippen MR) is 59.6 cm³/mol. The van der Waals surface area contributed by atoms with Gasteiger partial charge in [-0.25, -0.2) is 0 Å². The fourth-order valence-corrected chi connectivity index (χ4v) is 1.94. The highest BCUT2D eigenvalue weighted by atomic mass is 16.4. The number of aliphatic carboxylic acids is 1. The first-order chi connectivity index (χ1) is 7.63. The number of carboxylic acids is 1. The molecule has 0 aromatic heterocycles. The number of carbonyl (C=O) groups is 2. The minimum atomic E-state index is -0.740. The van der Waals surface area contributed by atoms with E-state index in [1.54, 1.807) is 11.8 Å². The fourth-order valence-electron chi connectivity index (χ4n) is 1.94. The van der Waals surface area contributed by atoms with Crippen LogP contribution in [0.25, 0.3) is 0 Å². The van der Waals surface area contributed by atoms with E-state index in [1.165, 1.54) is 0 Å². The summed E-state index contributed by atoms with van der Waals surface area (Å²) >= 11 is 0. The summed E-state index contributed by atoms with van der Waals surface area (Å²) in [6, 6.07) is 0. The van der Waals surface area contributed by atoms with Gasteiger partial charge in [0.05, 0.1) is 0 Å². The molecule has 0 atom stereocenters. The Hall–Kier alpha value is -1.50. The van der Waals surface area contributed by atoms with Gasteiger partial charge in [0.25, 0.3) is 5.91 Å². The molecule has 0 aromatic rings. The second-order valence-corrected chi connectivity index (χ2v) is 4.04. The Labute approximate surface area is 95.6 Å². The summed E-state index contributed by atoms with van der Waals surface area (Å²) in [5.74, 6) is 4.71. The van der Waals surface area contributed by atoms with E-state index in [-0.39, 0.29) is 12.3 Å². The zero-order chi connectivity index (χ0) is 12.0. The Balaban J connectivity index is 2.30. The molecule has 0 aromatic carbocycles. The first-order valence-corrected chi connectivity index (χ1v) is 5.57. The summed E-state index contributed by atoms with van der Waals surface area (Å²) in [5.41, 5.74) is 0. The van der Waals surface area contributed by atoms with Crippen molar-refractivity contribution in [1.29, 1.82) is 0 Å². The lowest BCUT2D eigenvalue weighted by molar-refractivity contribution is -0.137. The Kier molecular flexibility index (Phi) is 4.84. The average molecular weight is 223 g/mol. The van der Waals surface area contributed by atoms with Gasteiger partial charge in [-0.1, -0.05) is 5.92 Å². The highest BCUT2D eigenvalue weighted by Gasteiger charge is 2.21. The molecule has 0 saturated carbocycles. The standard InChI is InChI=1S/C12H17NO3/c1-2-3-11(14)13-8-6-10(7-9-13)4-5-12(15)16/h10H,4-9H2,1H3,(H,15,16). The highest BCUT2D eigenvalue weighted by Crippen LogP contribution is 2.21. The van der Waals surface area contributed by atoms with E-state index in [9.17, 15) is 9.59 Å². The van der Waals surface area contributed by atoms with Crippen molar-refractivity contribution in [3.63, 3.8) is 0 Å². The van der Waals surface area contributed by atoms with Crippen LogP contribution in [-0.4, -0.2) is 35.0 Å². The Morgan fingerprint density at radius 1 is 1.38 bits per heavy atom. The molecule has 0 bridgehead atoms. The van der Waals surface area contributed by atoms with Crippen molar-refractivity contribution in [2.24, 2.45) is 5.92 Å². The van der Waals surface area contributed by atoms with Gasteiger partial charge in [-0.15, -0.1) is 0 Å². The number of likely N-dealkylation sites (tertiary alicyclic amines) is 1. The zero-order valence-corrected chi connectivity index (χ0v) is 9.53. The topological polar surface area (TPSA) is 57.6 Å². The number of rotatable bonds is 3. The molecule has 1 fully saturated rings. The average Bonchev–Trinajstić information content (AvgIpc) is 2.27. The Morgan fingerprint density at radius 2 is 2.00 bits per heavy atom. The minimum Gasteiger partial charge on any atom is -0.481 e. The molecule has 0 aliphatic carbocycles. The van der Waals surface area contributed by atoms with Crippen LogP contribution in [0.4, 0.5) is 0 Å². The van der Waals surface area contributed by atoms with Crippen molar-refractivity contribution >= 4 is 11.9 Å². The summed E-state index contributed by atoms with van der Waals surface area (Å²) in [5, 5.41) is 8.57. The van der Waals surface area contributed by atoms with Gasteiger partial charge in [0.1, 0.15) is 0 Å². The molecule has 1 rings (SSSR count). The second-order valence-electron chi connectivity index (χ2n) is 4.04. The molecule has 1 heterocycles. The maximum atomic E-state index is 11.4. The largest absolute Gasteiger partial charge is 0.481 e. The number of carbonyl (C=O) groups excluding carboxylic acids is 1. The summed E-state index contributed by atoms with van der Waals surface area (Å²) in [6.45, 7) is 3.06. The molecule has 16 heavy (non-hydrogen) atoms. The van der Waals surface area contributed by atoms with E-state index >= 15 is 0 Å². The van der Waals surface area contributed by atoms with Crippen LogP contribution in [0.1, 0.15) is 32.6 Å². The van der Waals surface area contributed by atoms with Gasteiger partial charge in [0.2, 0.25) is 0 Å². The molecule has 0 unspecified atom stereocenters. The van der Waals surface area contributed by atoms with Gasteiger partial charge < -0.3 is 10.0 Å². The van der Waals surface area contributed by atoms with Crippen molar-refractivity contribution in [3.05, 3.63) is 0 Å². The number of carboxylic acid groups (broad SMARTS) is 1. The molecule has 1 N–H and O–H groups in total. The Bertz CT molecular complexity index is 319. The van der Waals surface area contributed by atoms with Gasteiger partial charge in [0, 0.05) is 19.5 Å². The van der Waals surface area contributed by atoms with E-state index in [4.69, 9.17) is 5.11 Å². The first-order valence-electron chi connectivity index (χ1n) is 5.57. The van der Waals surface area contributed by atoms with Gasteiger partial charge >= 0.3 is 5.97 Å². The smallest absolute Gasteiger partial charge is 0.303 e. The summed E-state index contributed by atoms with van der Waals surface area (Å²) < 4.78 is 0. The molecule has 0 spiro atoms. The summed E-state index contributed by atoms with van der Waals surface area (Å²) in [4.78, 5) is 23.6. The molecule has 1 saturated heterocycles. The Morgan fingerprint density at radius 3 is 2.50 bits per heavy atom. The van der Waals surface area contributed by atoms with E-state index in [1.807, 2.05) is 0 Å². The number of amides is 1. The van der Waals surface area contributed by atoms with Crippen LogP contribution < -0.4 is 0 Å². The fraction of sp³-hybridized carbons (Fsp3) is 0.667. The van der Waals surface area contributed by atoms with E-state index < -0.39 is 5.97 Å². The van der Waals surface area contributed by atoms with E-state index in [2.05, 4.69) is 11.8 Å². The third-order valence-corrected chi connectivity index (χ3v) is 2.90. The molecule has 4 nitrogen and oxygen atoms in total. The van der Waals surface area contributed by atoms with Gasteiger partial charge in [-0.05, 0) is 38.0 Å². The van der Waals surface area contributed by atoms with Crippen LogP contribution in [0.5, 0.6) is 0 Å². The third kappa shape index (κ3) is 3.93. The normalized spacial score (nSPS) is 16.4. The molecule has 1 aliphatic heterocycles.